The standard InChI is InChI=1S/C44H84O6/c1-5-7-9-11-13-15-20-25-29-33-37-44(47)50-41(38-48-42(45)35-31-27-23-18-14-12-10-8-6-2)39-49-43(46)36-32-28-24-21-17-16-19-22-26-30-34-40(3)4/h40-41H,5-39H2,1-4H3/t41-/m1/s1. The highest BCUT2D eigenvalue weighted by atomic mass is 16.6. The van der Waals surface area contributed by atoms with Gasteiger partial charge in [-0.25, -0.2) is 0 Å². The molecule has 0 saturated heterocycles. The van der Waals surface area contributed by atoms with Crippen LogP contribution in [0, 0.1) is 5.92 Å². The summed E-state index contributed by atoms with van der Waals surface area (Å²) >= 11 is 0. The molecule has 0 heterocycles. The predicted molar refractivity (Wildman–Crippen MR) is 210 cm³/mol. The summed E-state index contributed by atoms with van der Waals surface area (Å²) in [5.74, 6) is -0.0421. The van der Waals surface area contributed by atoms with Crippen LogP contribution in [0.1, 0.15) is 240 Å². The number of rotatable bonds is 39. The molecule has 0 aliphatic heterocycles. The first-order valence-electron chi connectivity index (χ1n) is 21.9. The zero-order valence-electron chi connectivity index (χ0n) is 33.9. The van der Waals surface area contributed by atoms with Gasteiger partial charge < -0.3 is 14.2 Å². The van der Waals surface area contributed by atoms with E-state index in [4.69, 9.17) is 14.2 Å². The van der Waals surface area contributed by atoms with Crippen molar-refractivity contribution in [1.82, 2.24) is 0 Å². The fraction of sp³-hybridized carbons (Fsp3) is 0.932. The van der Waals surface area contributed by atoms with Crippen molar-refractivity contribution in [2.75, 3.05) is 13.2 Å². The van der Waals surface area contributed by atoms with Crippen molar-refractivity contribution < 1.29 is 28.6 Å². The molecule has 0 spiro atoms. The van der Waals surface area contributed by atoms with Crippen molar-refractivity contribution in [2.24, 2.45) is 5.92 Å². The Morgan fingerprint density at radius 2 is 0.660 bits per heavy atom. The van der Waals surface area contributed by atoms with Crippen molar-refractivity contribution in [2.45, 2.75) is 246 Å². The number of carbonyl (C=O) groups excluding carboxylic acids is 3. The van der Waals surface area contributed by atoms with Crippen LogP contribution in [0.2, 0.25) is 0 Å². The zero-order valence-corrected chi connectivity index (χ0v) is 33.9. The van der Waals surface area contributed by atoms with Crippen molar-refractivity contribution in [3.63, 3.8) is 0 Å². The summed E-state index contributed by atoms with van der Waals surface area (Å²) in [6.45, 7) is 8.95. The minimum absolute atomic E-state index is 0.0644. The van der Waals surface area contributed by atoms with Crippen molar-refractivity contribution in [3.8, 4) is 0 Å². The Labute approximate surface area is 310 Å². The largest absolute Gasteiger partial charge is 0.462 e. The molecule has 296 valence electrons. The number of ether oxygens (including phenoxy) is 3. The van der Waals surface area contributed by atoms with Gasteiger partial charge in [0.05, 0.1) is 0 Å². The topological polar surface area (TPSA) is 78.9 Å². The highest BCUT2D eigenvalue weighted by Crippen LogP contribution is 2.16. The van der Waals surface area contributed by atoms with E-state index >= 15 is 0 Å². The minimum atomic E-state index is -0.757. The molecule has 0 aromatic rings. The maximum Gasteiger partial charge on any atom is 0.306 e. The number of unbranched alkanes of at least 4 members (excludes halogenated alkanes) is 26. The third kappa shape index (κ3) is 37.7. The molecule has 0 aliphatic carbocycles. The van der Waals surface area contributed by atoms with E-state index in [0.29, 0.717) is 19.3 Å². The summed E-state index contributed by atoms with van der Waals surface area (Å²) in [6.07, 6.45) is 36.6. The van der Waals surface area contributed by atoms with Gasteiger partial charge in [0.15, 0.2) is 6.10 Å². The van der Waals surface area contributed by atoms with Gasteiger partial charge in [0.1, 0.15) is 13.2 Å². The summed E-state index contributed by atoms with van der Waals surface area (Å²) in [6, 6.07) is 0. The monoisotopic (exact) mass is 709 g/mol. The fourth-order valence-corrected chi connectivity index (χ4v) is 6.45. The van der Waals surface area contributed by atoms with Gasteiger partial charge in [-0.3, -0.25) is 14.4 Å². The van der Waals surface area contributed by atoms with Crippen LogP contribution in [0.4, 0.5) is 0 Å². The lowest BCUT2D eigenvalue weighted by Crippen LogP contribution is -2.30. The molecule has 0 aromatic heterocycles. The van der Waals surface area contributed by atoms with Crippen LogP contribution in [0.15, 0.2) is 0 Å². The predicted octanol–water partition coefficient (Wildman–Crippen LogP) is 13.6. The summed E-state index contributed by atoms with van der Waals surface area (Å²) in [5, 5.41) is 0. The molecular weight excluding hydrogens is 624 g/mol. The highest BCUT2D eigenvalue weighted by molar-refractivity contribution is 5.71. The number of carbonyl (C=O) groups is 3. The molecule has 0 rings (SSSR count). The Kier molecular flexibility index (Phi) is 37.4. The number of hydrogen-bond donors (Lipinski definition) is 0. The van der Waals surface area contributed by atoms with E-state index in [1.807, 2.05) is 0 Å². The second-order valence-electron chi connectivity index (χ2n) is 15.5. The molecule has 6 heteroatoms. The first kappa shape index (κ1) is 48.4. The Morgan fingerprint density at radius 1 is 0.380 bits per heavy atom. The van der Waals surface area contributed by atoms with Crippen molar-refractivity contribution in [3.05, 3.63) is 0 Å². The highest BCUT2D eigenvalue weighted by Gasteiger charge is 2.19. The van der Waals surface area contributed by atoms with Crippen molar-refractivity contribution in [1.29, 1.82) is 0 Å². The Balaban J connectivity index is 4.31. The third-order valence-electron chi connectivity index (χ3n) is 9.79. The quantitative estimate of drug-likeness (QED) is 0.0359. The van der Waals surface area contributed by atoms with Crippen LogP contribution in [0.25, 0.3) is 0 Å². The molecular formula is C44H84O6. The summed E-state index contributed by atoms with van der Waals surface area (Å²) < 4.78 is 16.7. The molecule has 0 unspecified atom stereocenters. The van der Waals surface area contributed by atoms with Gasteiger partial charge in [-0.05, 0) is 25.2 Å². The van der Waals surface area contributed by atoms with Gasteiger partial charge in [-0.2, -0.15) is 0 Å². The molecule has 0 aromatic carbocycles. The van der Waals surface area contributed by atoms with E-state index in [-0.39, 0.29) is 31.1 Å². The number of esters is 3. The molecule has 0 fully saturated rings. The Hall–Kier alpha value is -1.59. The maximum absolute atomic E-state index is 12.6. The smallest absolute Gasteiger partial charge is 0.306 e. The van der Waals surface area contributed by atoms with Gasteiger partial charge >= 0.3 is 17.9 Å². The molecule has 0 aliphatic rings. The van der Waals surface area contributed by atoms with Crippen LogP contribution in [-0.4, -0.2) is 37.2 Å². The second-order valence-corrected chi connectivity index (χ2v) is 15.5. The van der Waals surface area contributed by atoms with Crippen molar-refractivity contribution >= 4 is 17.9 Å². The van der Waals surface area contributed by atoms with E-state index in [1.54, 1.807) is 0 Å². The molecule has 1 atom stereocenters. The summed E-state index contributed by atoms with van der Waals surface area (Å²) in [7, 11) is 0. The van der Waals surface area contributed by atoms with E-state index < -0.39 is 6.10 Å². The second kappa shape index (κ2) is 38.6. The molecule has 0 saturated carbocycles. The molecule has 6 nitrogen and oxygen atoms in total. The van der Waals surface area contributed by atoms with Gasteiger partial charge in [0.25, 0.3) is 0 Å². The molecule has 0 radical (unpaired) electrons. The minimum Gasteiger partial charge on any atom is -0.462 e. The third-order valence-corrected chi connectivity index (χ3v) is 9.79. The van der Waals surface area contributed by atoms with E-state index in [0.717, 1.165) is 63.7 Å². The molecule has 0 N–H and O–H groups in total. The summed E-state index contributed by atoms with van der Waals surface area (Å²) in [5.41, 5.74) is 0. The average Bonchev–Trinajstić information content (AvgIpc) is 3.09. The lowest BCUT2D eigenvalue weighted by atomic mass is 10.0. The van der Waals surface area contributed by atoms with Crippen LogP contribution in [0.5, 0.6) is 0 Å². The van der Waals surface area contributed by atoms with Gasteiger partial charge in [0.2, 0.25) is 0 Å². The van der Waals surface area contributed by atoms with E-state index in [2.05, 4.69) is 27.7 Å². The lowest BCUT2D eigenvalue weighted by Gasteiger charge is -2.18. The van der Waals surface area contributed by atoms with Gasteiger partial charge in [0, 0.05) is 19.3 Å². The molecule has 50 heavy (non-hydrogen) atoms. The SMILES string of the molecule is CCCCCCCCCCCCC(=O)O[C@H](COC(=O)CCCCCCCCCCC)COC(=O)CCCCCCCCCCCCC(C)C. The van der Waals surface area contributed by atoms with Crippen LogP contribution >= 0.6 is 0 Å². The zero-order chi connectivity index (χ0) is 36.8. The fourth-order valence-electron chi connectivity index (χ4n) is 6.45. The van der Waals surface area contributed by atoms with Crippen LogP contribution < -0.4 is 0 Å². The Bertz CT molecular complexity index is 751. The van der Waals surface area contributed by atoms with Gasteiger partial charge in [-0.15, -0.1) is 0 Å². The van der Waals surface area contributed by atoms with E-state index in [1.165, 1.54) is 135 Å². The summed E-state index contributed by atoms with van der Waals surface area (Å²) in [4.78, 5) is 37.5. The van der Waals surface area contributed by atoms with Gasteiger partial charge in [-0.1, -0.05) is 201 Å². The van der Waals surface area contributed by atoms with E-state index in [9.17, 15) is 14.4 Å². The first-order valence-corrected chi connectivity index (χ1v) is 21.9. The normalized spacial score (nSPS) is 11.9. The first-order chi connectivity index (χ1) is 24.4. The Morgan fingerprint density at radius 3 is 0.980 bits per heavy atom. The molecule has 0 amide bonds. The maximum atomic E-state index is 12.6. The van der Waals surface area contributed by atoms with Crippen LogP contribution in [0.3, 0.4) is 0 Å². The average molecular weight is 709 g/mol. The lowest BCUT2D eigenvalue weighted by molar-refractivity contribution is -0.167. The van der Waals surface area contributed by atoms with Crippen LogP contribution in [-0.2, 0) is 28.6 Å². The molecule has 0 bridgehead atoms. The number of hydrogen-bond acceptors (Lipinski definition) is 6.